The summed E-state index contributed by atoms with van der Waals surface area (Å²) in [4.78, 5) is 12.7. The average Bonchev–Trinajstić information content (AvgIpc) is 2.60. The minimum Gasteiger partial charge on any atom is -0.496 e. The molecule has 0 spiro atoms. The van der Waals surface area contributed by atoms with E-state index in [2.05, 4.69) is 20.3 Å². The fraction of sp³-hybridized carbons (Fsp3) is 0.118. The number of hydrogen-bond acceptors (Lipinski definition) is 6. The Labute approximate surface area is 144 Å². The summed E-state index contributed by atoms with van der Waals surface area (Å²) < 4.78 is 5.34. The highest BCUT2D eigenvalue weighted by molar-refractivity contribution is 6.30. The predicted molar refractivity (Wildman–Crippen MR) is 95.0 cm³/mol. The van der Waals surface area contributed by atoms with Gasteiger partial charge < -0.3 is 15.8 Å². The molecule has 0 bridgehead atoms. The highest BCUT2D eigenvalue weighted by atomic mass is 35.5. The zero-order valence-corrected chi connectivity index (χ0v) is 13.8. The number of hydrogen-bond donors (Lipinski definition) is 2. The van der Waals surface area contributed by atoms with Gasteiger partial charge in [0.25, 0.3) is 0 Å². The van der Waals surface area contributed by atoms with Crippen molar-refractivity contribution < 1.29 is 4.74 Å². The molecule has 0 unspecified atom stereocenters. The number of aromatic nitrogens is 3. The number of anilines is 2. The Bertz CT molecular complexity index is 842. The molecule has 24 heavy (non-hydrogen) atoms. The van der Waals surface area contributed by atoms with Gasteiger partial charge in [-0.3, -0.25) is 0 Å². The van der Waals surface area contributed by atoms with E-state index in [-0.39, 0.29) is 5.95 Å². The Morgan fingerprint density at radius 1 is 1.08 bits per heavy atom. The molecule has 0 aliphatic carbocycles. The van der Waals surface area contributed by atoms with Crippen LogP contribution in [0.5, 0.6) is 5.75 Å². The molecule has 0 amide bonds. The van der Waals surface area contributed by atoms with Gasteiger partial charge in [0.05, 0.1) is 12.7 Å². The van der Waals surface area contributed by atoms with E-state index in [1.165, 1.54) is 0 Å². The van der Waals surface area contributed by atoms with Gasteiger partial charge in [-0.2, -0.15) is 15.0 Å². The summed E-state index contributed by atoms with van der Waals surface area (Å²) in [7, 11) is 1.58. The molecule has 122 valence electrons. The monoisotopic (exact) mass is 341 g/mol. The van der Waals surface area contributed by atoms with Crippen LogP contribution in [0.15, 0.2) is 48.5 Å². The highest BCUT2D eigenvalue weighted by Crippen LogP contribution is 2.30. The summed E-state index contributed by atoms with van der Waals surface area (Å²) in [6.07, 6.45) is 0. The Hall–Kier alpha value is -2.86. The number of nitrogen functional groups attached to an aromatic ring is 1. The standard InChI is InChI=1S/C17H16ClN5O/c1-24-14-8-7-12(18)9-13(14)15-21-16(19)23-17(22-15)20-10-11-5-3-2-4-6-11/h2-9H,10H2,1H3,(H3,19,20,21,22,23). The van der Waals surface area contributed by atoms with Crippen molar-refractivity contribution in [1.82, 2.24) is 15.0 Å². The molecule has 3 aromatic rings. The molecule has 0 radical (unpaired) electrons. The maximum atomic E-state index is 6.07. The van der Waals surface area contributed by atoms with Crippen molar-refractivity contribution >= 4 is 23.5 Å². The molecule has 3 N–H and O–H groups in total. The summed E-state index contributed by atoms with van der Waals surface area (Å²) in [5.41, 5.74) is 7.58. The number of nitrogens with two attached hydrogens (primary N) is 1. The van der Waals surface area contributed by atoms with Crippen molar-refractivity contribution in [1.29, 1.82) is 0 Å². The molecule has 2 aromatic carbocycles. The number of nitrogens with zero attached hydrogens (tertiary/aromatic N) is 3. The maximum absolute atomic E-state index is 6.07. The van der Waals surface area contributed by atoms with Gasteiger partial charge in [0.2, 0.25) is 11.9 Å². The van der Waals surface area contributed by atoms with Crippen molar-refractivity contribution in [3.05, 3.63) is 59.1 Å². The lowest BCUT2D eigenvalue weighted by Crippen LogP contribution is -2.08. The predicted octanol–water partition coefficient (Wildman–Crippen LogP) is 3.39. The number of methoxy groups -OCH3 is 1. The Morgan fingerprint density at radius 2 is 1.88 bits per heavy atom. The van der Waals surface area contributed by atoms with Crippen LogP contribution in [0.3, 0.4) is 0 Å². The van der Waals surface area contributed by atoms with Gasteiger partial charge in [-0.25, -0.2) is 0 Å². The average molecular weight is 342 g/mol. The number of halogens is 1. The normalized spacial score (nSPS) is 10.4. The van der Waals surface area contributed by atoms with Crippen molar-refractivity contribution in [3.8, 4) is 17.1 Å². The second-order valence-corrected chi connectivity index (χ2v) is 5.46. The minimum atomic E-state index is 0.123. The van der Waals surface area contributed by atoms with Gasteiger partial charge in [0.1, 0.15) is 5.75 Å². The molecule has 6 nitrogen and oxygen atoms in total. The van der Waals surface area contributed by atoms with E-state index in [1.807, 2.05) is 30.3 Å². The maximum Gasteiger partial charge on any atom is 0.228 e. The minimum absolute atomic E-state index is 0.123. The molecular formula is C17H16ClN5O. The molecular weight excluding hydrogens is 326 g/mol. The first kappa shape index (κ1) is 16.0. The number of benzene rings is 2. The lowest BCUT2D eigenvalue weighted by Gasteiger charge is -2.10. The van der Waals surface area contributed by atoms with Crippen LogP contribution in [0.25, 0.3) is 11.4 Å². The quantitative estimate of drug-likeness (QED) is 0.739. The Balaban J connectivity index is 1.90. The SMILES string of the molecule is COc1ccc(Cl)cc1-c1nc(N)nc(NCc2ccccc2)n1. The Morgan fingerprint density at radius 3 is 2.62 bits per heavy atom. The zero-order valence-electron chi connectivity index (χ0n) is 13.0. The van der Waals surface area contributed by atoms with Crippen LogP contribution in [0, 0.1) is 0 Å². The lowest BCUT2D eigenvalue weighted by molar-refractivity contribution is 0.416. The first-order valence-electron chi connectivity index (χ1n) is 7.29. The second-order valence-electron chi connectivity index (χ2n) is 5.02. The number of rotatable bonds is 5. The van der Waals surface area contributed by atoms with Crippen LogP contribution in [-0.4, -0.2) is 22.1 Å². The second kappa shape index (κ2) is 7.14. The fourth-order valence-corrected chi connectivity index (χ4v) is 2.40. The van der Waals surface area contributed by atoms with Crippen molar-refractivity contribution in [2.24, 2.45) is 0 Å². The molecule has 0 atom stereocenters. The van der Waals surface area contributed by atoms with E-state index in [0.29, 0.717) is 34.7 Å². The molecule has 3 rings (SSSR count). The third kappa shape index (κ3) is 3.72. The van der Waals surface area contributed by atoms with E-state index in [9.17, 15) is 0 Å². The van der Waals surface area contributed by atoms with Gasteiger partial charge in [0, 0.05) is 11.6 Å². The topological polar surface area (TPSA) is 86.0 Å². The zero-order chi connectivity index (χ0) is 16.9. The molecule has 0 saturated heterocycles. The van der Waals surface area contributed by atoms with Gasteiger partial charge in [-0.05, 0) is 23.8 Å². The molecule has 7 heteroatoms. The van der Waals surface area contributed by atoms with Crippen LogP contribution >= 0.6 is 11.6 Å². The molecule has 0 fully saturated rings. The lowest BCUT2D eigenvalue weighted by atomic mass is 10.2. The largest absolute Gasteiger partial charge is 0.496 e. The molecule has 0 aliphatic rings. The van der Waals surface area contributed by atoms with Crippen LogP contribution in [0.1, 0.15) is 5.56 Å². The van der Waals surface area contributed by atoms with Gasteiger partial charge in [-0.15, -0.1) is 0 Å². The van der Waals surface area contributed by atoms with Gasteiger partial charge in [-0.1, -0.05) is 41.9 Å². The first-order valence-corrected chi connectivity index (χ1v) is 7.67. The third-order valence-electron chi connectivity index (χ3n) is 3.35. The highest BCUT2D eigenvalue weighted by Gasteiger charge is 2.12. The van der Waals surface area contributed by atoms with Gasteiger partial charge in [0.15, 0.2) is 5.82 Å². The molecule has 0 saturated carbocycles. The Kier molecular flexibility index (Phi) is 4.77. The number of ether oxygens (including phenoxy) is 1. The fourth-order valence-electron chi connectivity index (χ4n) is 2.22. The van der Waals surface area contributed by atoms with E-state index < -0.39 is 0 Å². The van der Waals surface area contributed by atoms with Crippen LogP contribution in [0.4, 0.5) is 11.9 Å². The third-order valence-corrected chi connectivity index (χ3v) is 3.58. The number of nitrogens with one attached hydrogen (secondary N) is 1. The van der Waals surface area contributed by atoms with Crippen LogP contribution < -0.4 is 15.8 Å². The van der Waals surface area contributed by atoms with E-state index in [0.717, 1.165) is 5.56 Å². The molecule has 1 aromatic heterocycles. The van der Waals surface area contributed by atoms with Crippen LogP contribution in [0.2, 0.25) is 5.02 Å². The summed E-state index contributed by atoms with van der Waals surface area (Å²) >= 11 is 6.07. The first-order chi connectivity index (χ1) is 11.7. The van der Waals surface area contributed by atoms with E-state index in [4.69, 9.17) is 22.1 Å². The summed E-state index contributed by atoms with van der Waals surface area (Å²) in [5, 5.41) is 3.71. The van der Waals surface area contributed by atoms with Crippen molar-refractivity contribution in [3.63, 3.8) is 0 Å². The molecule has 0 aliphatic heterocycles. The van der Waals surface area contributed by atoms with E-state index in [1.54, 1.807) is 25.3 Å². The van der Waals surface area contributed by atoms with Crippen molar-refractivity contribution in [2.45, 2.75) is 6.54 Å². The molecule has 1 heterocycles. The summed E-state index contributed by atoms with van der Waals surface area (Å²) in [6.45, 7) is 0.580. The smallest absolute Gasteiger partial charge is 0.228 e. The summed E-state index contributed by atoms with van der Waals surface area (Å²) in [6, 6.07) is 15.2. The van der Waals surface area contributed by atoms with E-state index >= 15 is 0 Å². The summed E-state index contributed by atoms with van der Waals surface area (Å²) in [5.74, 6) is 1.53. The van der Waals surface area contributed by atoms with Gasteiger partial charge >= 0.3 is 0 Å². The van der Waals surface area contributed by atoms with Crippen molar-refractivity contribution in [2.75, 3.05) is 18.2 Å². The van der Waals surface area contributed by atoms with Crippen LogP contribution in [-0.2, 0) is 6.54 Å².